The number of rotatable bonds is 4. The minimum absolute atomic E-state index is 0.0918. The van der Waals surface area contributed by atoms with Gasteiger partial charge in [0.05, 0.1) is 6.61 Å². The molecule has 0 saturated heterocycles. The van der Waals surface area contributed by atoms with Gasteiger partial charge in [-0.25, -0.2) is 18.6 Å². The van der Waals surface area contributed by atoms with Gasteiger partial charge >= 0.3 is 5.97 Å². The first-order valence-electron chi connectivity index (χ1n) is 4.89. The van der Waals surface area contributed by atoms with E-state index in [1.54, 1.807) is 6.92 Å². The summed E-state index contributed by atoms with van der Waals surface area (Å²) in [5.41, 5.74) is 4.17. The summed E-state index contributed by atoms with van der Waals surface area (Å²) in [6.07, 6.45) is -2.00. The van der Waals surface area contributed by atoms with Crippen LogP contribution in [0.2, 0.25) is 0 Å². The molecular formula is C10H12F2N2O3. The van der Waals surface area contributed by atoms with E-state index in [-0.39, 0.29) is 18.7 Å². The van der Waals surface area contributed by atoms with Crippen LogP contribution in [0.4, 0.5) is 8.78 Å². The summed E-state index contributed by atoms with van der Waals surface area (Å²) < 4.78 is 29.7. The summed E-state index contributed by atoms with van der Waals surface area (Å²) in [4.78, 5) is 14.8. The van der Waals surface area contributed by atoms with Crippen LogP contribution in [0.5, 0.6) is 5.75 Å². The number of carbonyl (C=O) groups is 1. The molecule has 7 heteroatoms. The van der Waals surface area contributed by atoms with Crippen molar-refractivity contribution >= 4 is 5.97 Å². The number of hydrogen-bond donors (Lipinski definition) is 2. The molecule has 0 aliphatic carbocycles. The van der Waals surface area contributed by atoms with E-state index in [1.165, 1.54) is 0 Å². The third-order valence-corrected chi connectivity index (χ3v) is 2.10. The minimum Gasteiger partial charge on any atom is -0.505 e. The van der Waals surface area contributed by atoms with Gasteiger partial charge < -0.3 is 15.6 Å². The number of nitrogens with two attached hydrogens (primary N) is 1. The lowest BCUT2D eigenvalue weighted by atomic mass is 10.1. The number of aromatic hydroxyl groups is 1. The monoisotopic (exact) mass is 246 g/mol. The summed E-state index contributed by atoms with van der Waals surface area (Å²) in [6.45, 7) is 1.35. The highest BCUT2D eigenvalue weighted by molar-refractivity contribution is 5.90. The Bertz CT molecular complexity index is 424. The topological polar surface area (TPSA) is 85.4 Å². The third-order valence-electron chi connectivity index (χ3n) is 2.10. The average Bonchev–Trinajstić information content (AvgIpc) is 2.28. The van der Waals surface area contributed by atoms with Gasteiger partial charge in [0.1, 0.15) is 0 Å². The molecule has 0 spiro atoms. The molecule has 0 unspecified atom stereocenters. The van der Waals surface area contributed by atoms with E-state index in [1.807, 2.05) is 0 Å². The van der Waals surface area contributed by atoms with Crippen molar-refractivity contribution in [3.8, 4) is 5.75 Å². The van der Waals surface area contributed by atoms with E-state index < -0.39 is 29.4 Å². The maximum absolute atomic E-state index is 12.6. The Morgan fingerprint density at radius 3 is 2.76 bits per heavy atom. The number of carbonyl (C=O) groups excluding carboxylic acids is 1. The molecule has 0 saturated carbocycles. The molecule has 0 amide bonds. The Labute approximate surface area is 96.2 Å². The predicted octanol–water partition coefficient (Wildman–Crippen LogP) is 1.36. The fraction of sp³-hybridized carbons (Fsp3) is 0.400. The molecule has 17 heavy (non-hydrogen) atoms. The van der Waals surface area contributed by atoms with Crippen LogP contribution in [0.25, 0.3) is 0 Å². The number of pyridine rings is 1. The molecule has 0 bridgehead atoms. The van der Waals surface area contributed by atoms with Crippen molar-refractivity contribution in [2.75, 3.05) is 6.61 Å². The van der Waals surface area contributed by atoms with Crippen molar-refractivity contribution in [2.45, 2.75) is 19.9 Å². The average molecular weight is 246 g/mol. The van der Waals surface area contributed by atoms with E-state index in [4.69, 9.17) is 5.73 Å². The smallest absolute Gasteiger partial charge is 0.360 e. The molecule has 0 fully saturated rings. The SMILES string of the molecule is CCOC(=O)c1ncc(C(F)F)c(CN)c1O. The maximum atomic E-state index is 12.6. The van der Waals surface area contributed by atoms with Gasteiger partial charge in [-0.3, -0.25) is 0 Å². The van der Waals surface area contributed by atoms with Crippen molar-refractivity contribution in [1.82, 2.24) is 4.98 Å². The summed E-state index contributed by atoms with van der Waals surface area (Å²) in [6, 6.07) is 0. The fourth-order valence-corrected chi connectivity index (χ4v) is 1.30. The number of nitrogens with zero attached hydrogens (tertiary/aromatic N) is 1. The van der Waals surface area contributed by atoms with Crippen LogP contribution in [-0.4, -0.2) is 22.7 Å². The van der Waals surface area contributed by atoms with Crippen molar-refractivity contribution in [3.05, 3.63) is 23.0 Å². The number of ether oxygens (including phenoxy) is 1. The zero-order chi connectivity index (χ0) is 13.0. The maximum Gasteiger partial charge on any atom is 0.360 e. The third kappa shape index (κ3) is 2.68. The highest BCUT2D eigenvalue weighted by atomic mass is 19.3. The number of aromatic nitrogens is 1. The number of alkyl halides is 2. The molecule has 1 rings (SSSR count). The second-order valence-corrected chi connectivity index (χ2v) is 3.11. The lowest BCUT2D eigenvalue weighted by Gasteiger charge is -2.11. The molecule has 0 aliphatic rings. The first-order valence-corrected chi connectivity index (χ1v) is 4.89. The number of halogens is 2. The number of esters is 1. The van der Waals surface area contributed by atoms with Crippen molar-refractivity contribution in [1.29, 1.82) is 0 Å². The van der Waals surface area contributed by atoms with E-state index in [0.29, 0.717) is 0 Å². The van der Waals surface area contributed by atoms with E-state index in [2.05, 4.69) is 9.72 Å². The molecule has 94 valence electrons. The Kier molecular flexibility index (Phi) is 4.33. The second-order valence-electron chi connectivity index (χ2n) is 3.11. The summed E-state index contributed by atoms with van der Waals surface area (Å²) >= 11 is 0. The molecule has 1 heterocycles. The molecule has 3 N–H and O–H groups in total. The van der Waals surface area contributed by atoms with Gasteiger partial charge in [0.25, 0.3) is 6.43 Å². The molecule has 0 radical (unpaired) electrons. The van der Waals surface area contributed by atoms with Gasteiger partial charge in [0.2, 0.25) is 0 Å². The van der Waals surface area contributed by atoms with Crippen LogP contribution in [0.1, 0.15) is 35.0 Å². The fourth-order valence-electron chi connectivity index (χ4n) is 1.30. The Balaban J connectivity index is 3.24. The molecule has 0 aliphatic heterocycles. The van der Waals surface area contributed by atoms with Crippen molar-refractivity contribution in [3.63, 3.8) is 0 Å². The van der Waals surface area contributed by atoms with E-state index in [9.17, 15) is 18.7 Å². The van der Waals surface area contributed by atoms with Crippen molar-refractivity contribution in [2.24, 2.45) is 5.73 Å². The van der Waals surface area contributed by atoms with Crippen LogP contribution in [0.3, 0.4) is 0 Å². The van der Waals surface area contributed by atoms with Crippen LogP contribution in [0.15, 0.2) is 6.20 Å². The summed E-state index contributed by atoms with van der Waals surface area (Å²) in [5, 5.41) is 9.64. The summed E-state index contributed by atoms with van der Waals surface area (Å²) in [5.74, 6) is -1.52. The Morgan fingerprint density at radius 1 is 1.65 bits per heavy atom. The highest BCUT2D eigenvalue weighted by Gasteiger charge is 2.23. The quantitative estimate of drug-likeness (QED) is 0.783. The molecule has 1 aromatic heterocycles. The Morgan fingerprint density at radius 2 is 2.29 bits per heavy atom. The molecular weight excluding hydrogens is 234 g/mol. The number of hydrogen-bond acceptors (Lipinski definition) is 5. The van der Waals surface area contributed by atoms with Gasteiger partial charge in [-0.15, -0.1) is 0 Å². The van der Waals surface area contributed by atoms with Gasteiger partial charge in [-0.05, 0) is 6.92 Å². The molecule has 5 nitrogen and oxygen atoms in total. The van der Waals surface area contributed by atoms with Gasteiger partial charge in [0.15, 0.2) is 11.4 Å². The van der Waals surface area contributed by atoms with E-state index in [0.717, 1.165) is 6.20 Å². The lowest BCUT2D eigenvalue weighted by Crippen LogP contribution is -2.12. The van der Waals surface area contributed by atoms with E-state index >= 15 is 0 Å². The first kappa shape index (κ1) is 13.3. The van der Waals surface area contributed by atoms with Crippen LogP contribution < -0.4 is 5.73 Å². The minimum atomic E-state index is -2.82. The van der Waals surface area contributed by atoms with Crippen LogP contribution in [0, 0.1) is 0 Å². The first-order chi connectivity index (χ1) is 8.02. The van der Waals surface area contributed by atoms with Crippen LogP contribution in [-0.2, 0) is 11.3 Å². The normalized spacial score (nSPS) is 10.6. The largest absolute Gasteiger partial charge is 0.505 e. The van der Waals surface area contributed by atoms with Gasteiger partial charge in [-0.1, -0.05) is 0 Å². The molecule has 1 aromatic rings. The highest BCUT2D eigenvalue weighted by Crippen LogP contribution is 2.30. The summed E-state index contributed by atoms with van der Waals surface area (Å²) in [7, 11) is 0. The van der Waals surface area contributed by atoms with Gasteiger partial charge in [0, 0.05) is 23.9 Å². The zero-order valence-electron chi connectivity index (χ0n) is 9.11. The standard InChI is InChI=1S/C10H12F2N2O3/c1-2-17-10(16)7-8(15)5(3-13)6(4-14-7)9(11)12/h4,9,15H,2-3,13H2,1H3. The second kappa shape index (κ2) is 5.53. The van der Waals surface area contributed by atoms with Gasteiger partial charge in [-0.2, -0.15) is 0 Å². The van der Waals surface area contributed by atoms with Crippen LogP contribution >= 0.6 is 0 Å². The lowest BCUT2D eigenvalue weighted by molar-refractivity contribution is 0.0514. The molecule has 0 aromatic carbocycles. The Hall–Kier alpha value is -1.76. The molecule has 0 atom stereocenters. The zero-order valence-corrected chi connectivity index (χ0v) is 9.11. The van der Waals surface area contributed by atoms with Crippen molar-refractivity contribution < 1.29 is 23.4 Å². The predicted molar refractivity (Wildman–Crippen MR) is 54.7 cm³/mol.